The Morgan fingerprint density at radius 1 is 1.21 bits per heavy atom. The van der Waals surface area contributed by atoms with Crippen molar-refractivity contribution in [3.05, 3.63) is 82.8 Å². The molecule has 1 amide bonds. The van der Waals surface area contributed by atoms with Crippen LogP contribution in [0.15, 0.2) is 66.1 Å². The van der Waals surface area contributed by atoms with E-state index in [4.69, 9.17) is 4.74 Å². The minimum atomic E-state index is -4.43. The maximum Gasteiger partial charge on any atom is 0.416 e. The van der Waals surface area contributed by atoms with E-state index in [9.17, 15) is 22.8 Å². The molecule has 5 nitrogen and oxygen atoms in total. The highest BCUT2D eigenvalue weighted by molar-refractivity contribution is 5.87. The molecule has 1 saturated heterocycles. The summed E-state index contributed by atoms with van der Waals surface area (Å²) in [6, 6.07) is 9.16. The Hall–Kier alpha value is -2.87. The number of carbonyl (C=O) groups is 1. The van der Waals surface area contributed by atoms with Crippen molar-refractivity contribution in [2.75, 3.05) is 13.1 Å². The molecule has 2 aromatic rings. The van der Waals surface area contributed by atoms with Gasteiger partial charge < -0.3 is 14.2 Å². The second-order valence-corrected chi connectivity index (χ2v) is 6.51. The minimum absolute atomic E-state index is 0.0667. The van der Waals surface area contributed by atoms with Gasteiger partial charge in [0.15, 0.2) is 0 Å². The van der Waals surface area contributed by atoms with Gasteiger partial charge in [0.05, 0.1) is 24.3 Å². The number of amides is 1. The molecule has 0 N–H and O–H groups in total. The molecule has 28 heavy (non-hydrogen) atoms. The van der Waals surface area contributed by atoms with Crippen molar-refractivity contribution in [3.63, 3.8) is 0 Å². The molecule has 0 bridgehead atoms. The third kappa shape index (κ3) is 4.33. The quantitative estimate of drug-likeness (QED) is 0.735. The number of aromatic nitrogens is 1. The number of benzene rings is 1. The molecule has 0 aliphatic carbocycles. The number of halogens is 3. The second kappa shape index (κ2) is 8.02. The number of pyridine rings is 1. The van der Waals surface area contributed by atoms with Crippen molar-refractivity contribution >= 4 is 5.91 Å². The van der Waals surface area contributed by atoms with Crippen LogP contribution in [0.25, 0.3) is 0 Å². The highest BCUT2D eigenvalue weighted by atomic mass is 19.4. The van der Waals surface area contributed by atoms with Crippen molar-refractivity contribution in [1.29, 1.82) is 0 Å². The Morgan fingerprint density at radius 3 is 2.68 bits per heavy atom. The average molecular weight is 392 g/mol. The molecule has 1 aromatic heterocycles. The van der Waals surface area contributed by atoms with Crippen LogP contribution in [0, 0.1) is 0 Å². The Morgan fingerprint density at radius 2 is 2.00 bits per heavy atom. The molecule has 148 valence electrons. The first kappa shape index (κ1) is 19.9. The first-order valence-electron chi connectivity index (χ1n) is 8.66. The number of ether oxygens (including phenoxy) is 1. The zero-order chi connectivity index (χ0) is 20.3. The Labute approximate surface area is 159 Å². The molecule has 0 saturated carbocycles. The third-order valence-corrected chi connectivity index (χ3v) is 4.65. The van der Waals surface area contributed by atoms with Crippen molar-refractivity contribution in [3.8, 4) is 0 Å². The van der Waals surface area contributed by atoms with E-state index in [-0.39, 0.29) is 31.2 Å². The van der Waals surface area contributed by atoms with Crippen LogP contribution in [0.4, 0.5) is 13.2 Å². The van der Waals surface area contributed by atoms with Gasteiger partial charge in [-0.25, -0.2) is 0 Å². The van der Waals surface area contributed by atoms with E-state index in [0.717, 1.165) is 12.1 Å². The maximum atomic E-state index is 12.9. The first-order chi connectivity index (χ1) is 13.3. The number of carbonyl (C=O) groups excluding carboxylic acids is 1. The lowest BCUT2D eigenvalue weighted by Crippen LogP contribution is -2.32. The number of hydrogen-bond donors (Lipinski definition) is 0. The molecule has 3 rings (SSSR count). The molecule has 1 aliphatic rings. The summed E-state index contributed by atoms with van der Waals surface area (Å²) in [5.41, 5.74) is -0.630. The number of alkyl halides is 3. The van der Waals surface area contributed by atoms with Crippen molar-refractivity contribution in [1.82, 2.24) is 9.47 Å². The van der Waals surface area contributed by atoms with E-state index in [2.05, 4.69) is 6.58 Å². The lowest BCUT2D eigenvalue weighted by Gasteiger charge is -2.21. The van der Waals surface area contributed by atoms with Crippen LogP contribution in [0.2, 0.25) is 0 Å². The first-order valence-corrected chi connectivity index (χ1v) is 8.66. The molecule has 8 heteroatoms. The van der Waals surface area contributed by atoms with Gasteiger partial charge in [-0.1, -0.05) is 24.8 Å². The normalized spacial score (nSPS) is 19.6. The average Bonchev–Trinajstić information content (AvgIpc) is 3.09. The van der Waals surface area contributed by atoms with Crippen LogP contribution in [0.3, 0.4) is 0 Å². The van der Waals surface area contributed by atoms with Gasteiger partial charge in [-0.15, -0.1) is 0 Å². The van der Waals surface area contributed by atoms with Gasteiger partial charge in [0, 0.05) is 25.4 Å². The summed E-state index contributed by atoms with van der Waals surface area (Å²) in [5.74, 6) is -0.292. The predicted molar refractivity (Wildman–Crippen MR) is 96.5 cm³/mol. The summed E-state index contributed by atoms with van der Waals surface area (Å²) in [4.78, 5) is 25.7. The molecule has 1 fully saturated rings. The lowest BCUT2D eigenvalue weighted by atomic mass is 10.1. The minimum Gasteiger partial charge on any atom is -0.369 e. The van der Waals surface area contributed by atoms with Gasteiger partial charge in [0.25, 0.3) is 5.56 Å². The monoisotopic (exact) mass is 392 g/mol. The molecular formula is C20H19F3N2O3. The summed E-state index contributed by atoms with van der Waals surface area (Å²) < 4.78 is 46.0. The van der Waals surface area contributed by atoms with E-state index in [0.29, 0.717) is 5.56 Å². The van der Waals surface area contributed by atoms with E-state index < -0.39 is 23.9 Å². The van der Waals surface area contributed by atoms with Gasteiger partial charge in [-0.05, 0) is 29.8 Å². The van der Waals surface area contributed by atoms with Gasteiger partial charge in [-0.3, -0.25) is 9.59 Å². The van der Waals surface area contributed by atoms with Crippen molar-refractivity contribution < 1.29 is 22.7 Å². The second-order valence-electron chi connectivity index (χ2n) is 6.51. The van der Waals surface area contributed by atoms with Crippen LogP contribution in [0.1, 0.15) is 17.2 Å². The molecule has 2 heterocycles. The van der Waals surface area contributed by atoms with Crippen LogP contribution in [-0.4, -0.2) is 34.6 Å². The van der Waals surface area contributed by atoms with Crippen LogP contribution in [-0.2, 0) is 22.3 Å². The summed E-state index contributed by atoms with van der Waals surface area (Å²) in [7, 11) is 0. The van der Waals surface area contributed by atoms with Crippen LogP contribution in [0.5, 0.6) is 0 Å². The van der Waals surface area contributed by atoms with Crippen molar-refractivity contribution in [2.24, 2.45) is 0 Å². The van der Waals surface area contributed by atoms with Crippen molar-refractivity contribution in [2.45, 2.75) is 24.9 Å². The smallest absolute Gasteiger partial charge is 0.369 e. The fourth-order valence-electron chi connectivity index (χ4n) is 3.25. The topological polar surface area (TPSA) is 51.5 Å². The summed E-state index contributed by atoms with van der Waals surface area (Å²) in [6.45, 7) is 3.87. The van der Waals surface area contributed by atoms with E-state index in [1.807, 2.05) is 0 Å². The molecule has 0 unspecified atom stereocenters. The van der Waals surface area contributed by atoms with Gasteiger partial charge in [-0.2, -0.15) is 13.2 Å². The standard InChI is InChI=1S/C20H19F3N2O3/c1-2-18(26)24-11-16(25-9-4-3-8-19(25)27)17(12-24)28-13-14-6-5-7-15(10-14)20(21,22)23/h2-10,16-17H,1,11-13H2/t16-,17-/m1/s1. The van der Waals surface area contributed by atoms with Gasteiger partial charge >= 0.3 is 6.18 Å². The van der Waals surface area contributed by atoms with E-state index in [1.54, 1.807) is 24.4 Å². The Kier molecular flexibility index (Phi) is 5.69. The van der Waals surface area contributed by atoms with Crippen LogP contribution >= 0.6 is 0 Å². The maximum absolute atomic E-state index is 12.9. The van der Waals surface area contributed by atoms with Gasteiger partial charge in [0.2, 0.25) is 5.91 Å². The fraction of sp³-hybridized carbons (Fsp3) is 0.300. The Balaban J connectivity index is 1.80. The highest BCUT2D eigenvalue weighted by Crippen LogP contribution is 2.30. The fourth-order valence-corrected chi connectivity index (χ4v) is 3.25. The summed E-state index contributed by atoms with van der Waals surface area (Å²) >= 11 is 0. The summed E-state index contributed by atoms with van der Waals surface area (Å²) in [6.07, 6.45) is -2.19. The SMILES string of the molecule is C=CC(=O)N1C[C@@H](n2ccccc2=O)[C@H](OCc2cccc(C(F)(F)F)c2)C1. The van der Waals surface area contributed by atoms with Crippen LogP contribution < -0.4 is 5.56 Å². The number of nitrogens with zero attached hydrogens (tertiary/aromatic N) is 2. The Bertz CT molecular complexity index is 923. The zero-order valence-electron chi connectivity index (χ0n) is 14.9. The largest absolute Gasteiger partial charge is 0.416 e. The van der Waals surface area contributed by atoms with E-state index >= 15 is 0 Å². The summed E-state index contributed by atoms with van der Waals surface area (Å²) in [5, 5.41) is 0. The highest BCUT2D eigenvalue weighted by Gasteiger charge is 2.37. The third-order valence-electron chi connectivity index (χ3n) is 4.65. The number of likely N-dealkylation sites (tertiary alicyclic amines) is 1. The molecule has 2 atom stereocenters. The zero-order valence-corrected chi connectivity index (χ0v) is 14.9. The number of rotatable bonds is 5. The molecule has 0 radical (unpaired) electrons. The molecular weight excluding hydrogens is 373 g/mol. The molecule has 1 aliphatic heterocycles. The molecule has 0 spiro atoms. The van der Waals surface area contributed by atoms with Gasteiger partial charge in [0.1, 0.15) is 0 Å². The molecule has 1 aromatic carbocycles. The number of hydrogen-bond acceptors (Lipinski definition) is 3. The lowest BCUT2D eigenvalue weighted by molar-refractivity contribution is -0.137. The van der Waals surface area contributed by atoms with E-state index in [1.165, 1.54) is 27.7 Å². The predicted octanol–water partition coefficient (Wildman–Crippen LogP) is 3.02.